The number of amides is 1. The van der Waals surface area contributed by atoms with Gasteiger partial charge in [-0.1, -0.05) is 12.8 Å². The van der Waals surface area contributed by atoms with Gasteiger partial charge in [-0.05, 0) is 25.2 Å². The Hall–Kier alpha value is -1.59. The van der Waals surface area contributed by atoms with Crippen LogP contribution in [-0.4, -0.2) is 27.2 Å². The van der Waals surface area contributed by atoms with Crippen molar-refractivity contribution in [1.29, 1.82) is 0 Å². The zero-order valence-corrected chi connectivity index (χ0v) is 9.72. The number of rotatable bonds is 2. The average molecular weight is 235 g/mol. The molecular weight excluding hydrogens is 218 g/mol. The van der Waals surface area contributed by atoms with Crippen molar-refractivity contribution >= 4 is 11.9 Å². The van der Waals surface area contributed by atoms with Crippen molar-refractivity contribution in [2.24, 2.45) is 11.7 Å². The number of anilines is 1. The second-order valence-corrected chi connectivity index (χ2v) is 4.90. The van der Waals surface area contributed by atoms with E-state index in [-0.39, 0.29) is 5.82 Å². The van der Waals surface area contributed by atoms with Gasteiger partial charge in [-0.3, -0.25) is 4.79 Å². The molecule has 3 rings (SSSR count). The fourth-order valence-electron chi connectivity index (χ4n) is 3.01. The van der Waals surface area contributed by atoms with E-state index in [0.717, 1.165) is 13.0 Å². The Balaban J connectivity index is 1.92. The minimum Gasteiger partial charge on any atom is -0.363 e. The molecule has 0 spiro atoms. The molecule has 1 saturated carbocycles. The lowest BCUT2D eigenvalue weighted by atomic mass is 9.95. The van der Waals surface area contributed by atoms with Gasteiger partial charge in [0, 0.05) is 6.54 Å². The smallest absolute Gasteiger partial charge is 0.288 e. The van der Waals surface area contributed by atoms with Crippen molar-refractivity contribution in [2.75, 3.05) is 11.9 Å². The second-order valence-electron chi connectivity index (χ2n) is 4.90. The van der Waals surface area contributed by atoms with Crippen LogP contribution in [0.1, 0.15) is 48.8 Å². The Bertz CT molecular complexity index is 435. The second kappa shape index (κ2) is 4.01. The van der Waals surface area contributed by atoms with Crippen LogP contribution in [0.5, 0.6) is 0 Å². The molecule has 92 valence electrons. The molecule has 1 aliphatic heterocycles. The Morgan fingerprint density at radius 3 is 2.82 bits per heavy atom. The summed E-state index contributed by atoms with van der Waals surface area (Å²) in [7, 11) is 0. The largest absolute Gasteiger partial charge is 0.363 e. The van der Waals surface area contributed by atoms with E-state index in [1.807, 2.05) is 4.68 Å². The molecule has 1 aromatic rings. The van der Waals surface area contributed by atoms with Gasteiger partial charge >= 0.3 is 0 Å². The van der Waals surface area contributed by atoms with Gasteiger partial charge in [-0.15, -0.1) is 5.10 Å². The first-order valence-corrected chi connectivity index (χ1v) is 6.26. The number of nitrogens with one attached hydrogen (secondary N) is 1. The van der Waals surface area contributed by atoms with Crippen LogP contribution < -0.4 is 11.1 Å². The van der Waals surface area contributed by atoms with E-state index in [2.05, 4.69) is 15.4 Å². The fourth-order valence-corrected chi connectivity index (χ4v) is 3.01. The molecule has 1 unspecified atom stereocenters. The highest BCUT2D eigenvalue weighted by Gasteiger charge is 2.32. The van der Waals surface area contributed by atoms with Crippen LogP contribution in [0.3, 0.4) is 0 Å². The summed E-state index contributed by atoms with van der Waals surface area (Å²) in [6.07, 6.45) is 6.19. The minimum atomic E-state index is -0.557. The van der Waals surface area contributed by atoms with Gasteiger partial charge in [0.2, 0.25) is 11.8 Å². The molecule has 1 aromatic heterocycles. The SMILES string of the molecule is NC(=O)c1nc2n(n1)C(C1CCCC1)CCN2. The Kier molecular flexibility index (Phi) is 2.49. The van der Waals surface area contributed by atoms with Crippen LogP contribution in [0.25, 0.3) is 0 Å². The predicted octanol–water partition coefficient (Wildman–Crippen LogP) is 0.924. The summed E-state index contributed by atoms with van der Waals surface area (Å²) in [6.45, 7) is 0.901. The first kappa shape index (κ1) is 10.6. The number of carbonyl (C=O) groups excluding carboxylic acids is 1. The van der Waals surface area contributed by atoms with Crippen LogP contribution in [0.15, 0.2) is 0 Å². The summed E-state index contributed by atoms with van der Waals surface area (Å²) in [5.41, 5.74) is 5.22. The van der Waals surface area contributed by atoms with Crippen molar-refractivity contribution in [1.82, 2.24) is 14.8 Å². The third-order valence-corrected chi connectivity index (χ3v) is 3.83. The number of carbonyl (C=O) groups is 1. The Morgan fingerprint density at radius 1 is 1.35 bits per heavy atom. The minimum absolute atomic E-state index is 0.123. The zero-order chi connectivity index (χ0) is 11.8. The van der Waals surface area contributed by atoms with Crippen LogP contribution >= 0.6 is 0 Å². The van der Waals surface area contributed by atoms with Crippen molar-refractivity contribution in [3.63, 3.8) is 0 Å². The highest BCUT2D eigenvalue weighted by Crippen LogP contribution is 2.38. The van der Waals surface area contributed by atoms with Gasteiger partial charge in [0.25, 0.3) is 5.91 Å². The molecule has 1 fully saturated rings. The van der Waals surface area contributed by atoms with E-state index in [1.165, 1.54) is 25.7 Å². The van der Waals surface area contributed by atoms with Gasteiger partial charge in [-0.25, -0.2) is 4.68 Å². The molecule has 0 radical (unpaired) electrons. The van der Waals surface area contributed by atoms with E-state index in [0.29, 0.717) is 17.9 Å². The molecule has 0 bridgehead atoms. The summed E-state index contributed by atoms with van der Waals surface area (Å²) in [5.74, 6) is 0.941. The van der Waals surface area contributed by atoms with Crippen LogP contribution in [0, 0.1) is 5.92 Å². The standard InChI is InChI=1S/C11H17N5O/c12-9(17)10-14-11-13-6-5-8(16(11)15-10)7-3-1-2-4-7/h7-8H,1-6H2,(H2,12,17)(H,13,14,15). The molecule has 1 aliphatic carbocycles. The summed E-state index contributed by atoms with van der Waals surface area (Å²) >= 11 is 0. The van der Waals surface area contributed by atoms with Gasteiger partial charge in [0.05, 0.1) is 6.04 Å². The van der Waals surface area contributed by atoms with Crippen LogP contribution in [0.2, 0.25) is 0 Å². The van der Waals surface area contributed by atoms with E-state index in [4.69, 9.17) is 5.73 Å². The van der Waals surface area contributed by atoms with Gasteiger partial charge < -0.3 is 11.1 Å². The maximum Gasteiger partial charge on any atom is 0.288 e. The summed E-state index contributed by atoms with van der Waals surface area (Å²) in [4.78, 5) is 15.2. The molecule has 2 aliphatic rings. The zero-order valence-electron chi connectivity index (χ0n) is 9.72. The van der Waals surface area contributed by atoms with Crippen molar-refractivity contribution in [3.8, 4) is 0 Å². The summed E-state index contributed by atoms with van der Waals surface area (Å²) in [5, 5.41) is 7.42. The molecule has 17 heavy (non-hydrogen) atoms. The lowest BCUT2D eigenvalue weighted by Crippen LogP contribution is -2.28. The molecule has 1 amide bonds. The molecule has 2 heterocycles. The highest BCUT2D eigenvalue weighted by molar-refractivity contribution is 5.89. The van der Waals surface area contributed by atoms with Crippen LogP contribution in [-0.2, 0) is 0 Å². The molecule has 6 nitrogen and oxygen atoms in total. The number of primary amides is 1. The van der Waals surface area contributed by atoms with Gasteiger partial charge in [0.1, 0.15) is 0 Å². The number of nitrogens with zero attached hydrogens (tertiary/aromatic N) is 3. The van der Waals surface area contributed by atoms with E-state index < -0.39 is 5.91 Å². The topological polar surface area (TPSA) is 85.8 Å². The van der Waals surface area contributed by atoms with Crippen molar-refractivity contribution < 1.29 is 4.79 Å². The number of aromatic nitrogens is 3. The summed E-state index contributed by atoms with van der Waals surface area (Å²) < 4.78 is 1.87. The quantitative estimate of drug-likeness (QED) is 0.798. The first-order valence-electron chi connectivity index (χ1n) is 6.26. The average Bonchev–Trinajstić information content (AvgIpc) is 2.97. The molecule has 0 saturated heterocycles. The van der Waals surface area contributed by atoms with E-state index >= 15 is 0 Å². The van der Waals surface area contributed by atoms with E-state index in [1.54, 1.807) is 0 Å². The molecule has 3 N–H and O–H groups in total. The van der Waals surface area contributed by atoms with E-state index in [9.17, 15) is 4.79 Å². The molecular formula is C11H17N5O. The predicted molar refractivity (Wildman–Crippen MR) is 62.6 cm³/mol. The van der Waals surface area contributed by atoms with Crippen molar-refractivity contribution in [3.05, 3.63) is 5.82 Å². The number of nitrogens with two attached hydrogens (primary N) is 1. The third kappa shape index (κ3) is 1.77. The lowest BCUT2D eigenvalue weighted by molar-refractivity contribution is 0.0989. The first-order chi connectivity index (χ1) is 8.25. The summed E-state index contributed by atoms with van der Waals surface area (Å²) in [6, 6.07) is 0.384. The highest BCUT2D eigenvalue weighted by atomic mass is 16.1. The molecule has 6 heteroatoms. The lowest BCUT2D eigenvalue weighted by Gasteiger charge is -2.28. The Labute approximate surface area is 99.6 Å². The fraction of sp³-hybridized carbons (Fsp3) is 0.727. The van der Waals surface area contributed by atoms with Gasteiger partial charge in [-0.2, -0.15) is 4.98 Å². The molecule has 0 aromatic carbocycles. The number of hydrogen-bond acceptors (Lipinski definition) is 4. The monoisotopic (exact) mass is 235 g/mol. The number of fused-ring (bicyclic) bond motifs is 1. The number of hydrogen-bond donors (Lipinski definition) is 2. The van der Waals surface area contributed by atoms with Crippen LogP contribution in [0.4, 0.5) is 5.95 Å². The maximum absolute atomic E-state index is 11.1. The van der Waals surface area contributed by atoms with Gasteiger partial charge in [0.15, 0.2) is 0 Å². The maximum atomic E-state index is 11.1. The van der Waals surface area contributed by atoms with Crippen molar-refractivity contribution in [2.45, 2.75) is 38.1 Å². The Morgan fingerprint density at radius 2 is 2.12 bits per heavy atom. The third-order valence-electron chi connectivity index (χ3n) is 3.83. The normalized spacial score (nSPS) is 24.4. The molecule has 1 atom stereocenters.